The number of sulfonamides is 1. The lowest BCUT2D eigenvalue weighted by molar-refractivity contribution is -0.115. The van der Waals surface area contributed by atoms with Gasteiger partial charge in [0, 0.05) is 6.42 Å². The van der Waals surface area contributed by atoms with Crippen LogP contribution in [0.5, 0.6) is 0 Å². The number of primary sulfonamides is 1. The van der Waals surface area contributed by atoms with Crippen molar-refractivity contribution in [3.05, 3.63) is 5.69 Å². The van der Waals surface area contributed by atoms with Gasteiger partial charge in [0.05, 0.1) is 5.69 Å². The minimum absolute atomic E-state index is 0.0195. The molecule has 1 aromatic heterocycles. The van der Waals surface area contributed by atoms with Gasteiger partial charge in [0.2, 0.25) is 15.9 Å². The Morgan fingerprint density at radius 2 is 2.20 bits per heavy atom. The SMILES string of the molecule is CCC(=O)Nc1nc(C)c(S(N)(=O)=O)s1. The summed E-state index contributed by atoms with van der Waals surface area (Å²) >= 11 is 0.854. The molecule has 1 heterocycles. The molecule has 1 aromatic rings. The minimum atomic E-state index is -3.75. The number of anilines is 1. The zero-order chi connectivity index (χ0) is 11.6. The summed E-state index contributed by atoms with van der Waals surface area (Å²) < 4.78 is 22.1. The summed E-state index contributed by atoms with van der Waals surface area (Å²) in [4.78, 5) is 14.9. The number of hydrogen-bond acceptors (Lipinski definition) is 5. The minimum Gasteiger partial charge on any atom is -0.302 e. The molecule has 1 amide bonds. The standard InChI is InChI=1S/C7H11N3O3S2/c1-3-5(11)10-7-9-4(2)6(14-7)15(8,12)13/h3H2,1-2H3,(H2,8,12,13)(H,9,10,11). The Morgan fingerprint density at radius 3 is 2.60 bits per heavy atom. The number of amides is 1. The average Bonchev–Trinajstić information content (AvgIpc) is 2.45. The van der Waals surface area contributed by atoms with Gasteiger partial charge < -0.3 is 5.32 Å². The number of carbonyl (C=O) groups is 1. The highest BCUT2D eigenvalue weighted by Gasteiger charge is 2.18. The normalized spacial score (nSPS) is 11.4. The van der Waals surface area contributed by atoms with Crippen molar-refractivity contribution in [2.45, 2.75) is 24.5 Å². The van der Waals surface area contributed by atoms with E-state index in [9.17, 15) is 13.2 Å². The largest absolute Gasteiger partial charge is 0.302 e. The van der Waals surface area contributed by atoms with Crippen LogP contribution in [0.15, 0.2) is 4.21 Å². The Hall–Kier alpha value is -0.990. The van der Waals surface area contributed by atoms with Gasteiger partial charge >= 0.3 is 0 Å². The number of aryl methyl sites for hydroxylation is 1. The summed E-state index contributed by atoms with van der Waals surface area (Å²) in [6, 6.07) is 0. The van der Waals surface area contributed by atoms with Gasteiger partial charge in [-0.05, 0) is 6.92 Å². The molecule has 0 unspecified atom stereocenters. The topological polar surface area (TPSA) is 102 Å². The van der Waals surface area contributed by atoms with E-state index in [0.717, 1.165) is 11.3 Å². The molecule has 0 aliphatic heterocycles. The van der Waals surface area contributed by atoms with Crippen LogP contribution >= 0.6 is 11.3 Å². The highest BCUT2D eigenvalue weighted by molar-refractivity contribution is 7.91. The average molecular weight is 249 g/mol. The number of thiazole rings is 1. The number of rotatable bonds is 3. The van der Waals surface area contributed by atoms with Gasteiger partial charge in [-0.25, -0.2) is 18.5 Å². The lowest BCUT2D eigenvalue weighted by atomic mass is 10.5. The van der Waals surface area contributed by atoms with E-state index in [1.165, 1.54) is 6.92 Å². The summed E-state index contributed by atoms with van der Waals surface area (Å²) in [5.74, 6) is -0.218. The van der Waals surface area contributed by atoms with Crippen LogP contribution in [-0.4, -0.2) is 19.3 Å². The molecule has 15 heavy (non-hydrogen) atoms. The molecule has 0 atom stereocenters. The number of nitrogens with one attached hydrogen (secondary N) is 1. The monoisotopic (exact) mass is 249 g/mol. The molecule has 6 nitrogen and oxygen atoms in total. The molecule has 3 N–H and O–H groups in total. The fraction of sp³-hybridized carbons (Fsp3) is 0.429. The van der Waals surface area contributed by atoms with E-state index in [-0.39, 0.29) is 15.2 Å². The maximum atomic E-state index is 11.1. The first-order valence-electron chi connectivity index (χ1n) is 4.14. The maximum Gasteiger partial charge on any atom is 0.249 e. The van der Waals surface area contributed by atoms with E-state index < -0.39 is 10.0 Å². The molecule has 0 fully saturated rings. The van der Waals surface area contributed by atoms with Gasteiger partial charge in [0.25, 0.3) is 0 Å². The number of nitrogens with zero attached hydrogens (tertiary/aromatic N) is 1. The van der Waals surface area contributed by atoms with Gasteiger partial charge in [-0.15, -0.1) is 0 Å². The van der Waals surface area contributed by atoms with Crippen molar-refractivity contribution in [2.75, 3.05) is 5.32 Å². The lowest BCUT2D eigenvalue weighted by Gasteiger charge is -1.95. The number of carbonyl (C=O) groups excluding carboxylic acids is 1. The summed E-state index contributed by atoms with van der Waals surface area (Å²) in [5.41, 5.74) is 0.300. The molecule has 0 saturated carbocycles. The van der Waals surface area contributed by atoms with Crippen molar-refractivity contribution < 1.29 is 13.2 Å². The Kier molecular flexibility index (Phi) is 3.42. The van der Waals surface area contributed by atoms with Crippen molar-refractivity contribution in [1.82, 2.24) is 4.98 Å². The van der Waals surface area contributed by atoms with Gasteiger partial charge in [-0.2, -0.15) is 0 Å². The molecule has 1 rings (SSSR count). The second-order valence-corrected chi connectivity index (χ2v) is 5.59. The van der Waals surface area contributed by atoms with Crippen LogP contribution in [0.25, 0.3) is 0 Å². The zero-order valence-corrected chi connectivity index (χ0v) is 9.91. The van der Waals surface area contributed by atoms with E-state index in [1.54, 1.807) is 6.92 Å². The summed E-state index contributed by atoms with van der Waals surface area (Å²) in [5, 5.41) is 7.69. The first-order valence-corrected chi connectivity index (χ1v) is 6.51. The van der Waals surface area contributed by atoms with Crippen LogP contribution in [0.4, 0.5) is 5.13 Å². The second-order valence-electron chi connectivity index (χ2n) is 2.84. The van der Waals surface area contributed by atoms with Crippen molar-refractivity contribution in [2.24, 2.45) is 5.14 Å². The Labute approximate surface area is 91.6 Å². The van der Waals surface area contributed by atoms with Crippen molar-refractivity contribution >= 4 is 32.4 Å². The van der Waals surface area contributed by atoms with Crippen LogP contribution in [-0.2, 0) is 14.8 Å². The first-order chi connectivity index (χ1) is 6.84. The van der Waals surface area contributed by atoms with Gasteiger partial charge in [-0.1, -0.05) is 18.3 Å². The van der Waals surface area contributed by atoms with E-state index >= 15 is 0 Å². The van der Waals surface area contributed by atoms with Gasteiger partial charge in [0.1, 0.15) is 0 Å². The summed E-state index contributed by atoms with van der Waals surface area (Å²) in [6.45, 7) is 3.22. The quantitative estimate of drug-likeness (QED) is 0.811. The summed E-state index contributed by atoms with van der Waals surface area (Å²) in [7, 11) is -3.75. The zero-order valence-electron chi connectivity index (χ0n) is 8.27. The molecular formula is C7H11N3O3S2. The van der Waals surface area contributed by atoms with Crippen LogP contribution in [0, 0.1) is 6.92 Å². The van der Waals surface area contributed by atoms with Crippen molar-refractivity contribution in [3.8, 4) is 0 Å². The fourth-order valence-electron chi connectivity index (χ4n) is 0.908. The van der Waals surface area contributed by atoms with Crippen LogP contribution in [0.2, 0.25) is 0 Å². The van der Waals surface area contributed by atoms with E-state index in [1.807, 2.05) is 0 Å². The van der Waals surface area contributed by atoms with Gasteiger partial charge in [0.15, 0.2) is 9.34 Å². The lowest BCUT2D eigenvalue weighted by Crippen LogP contribution is -2.11. The van der Waals surface area contributed by atoms with E-state index in [4.69, 9.17) is 5.14 Å². The molecular weight excluding hydrogens is 238 g/mol. The number of nitrogens with two attached hydrogens (primary N) is 1. The third-order valence-electron chi connectivity index (χ3n) is 1.58. The third kappa shape index (κ3) is 2.98. The molecule has 8 heteroatoms. The molecule has 0 bridgehead atoms. The molecule has 0 spiro atoms. The fourth-order valence-corrected chi connectivity index (χ4v) is 2.78. The third-order valence-corrected chi connectivity index (χ3v) is 4.21. The molecule has 0 radical (unpaired) electrons. The maximum absolute atomic E-state index is 11.1. The van der Waals surface area contributed by atoms with E-state index in [0.29, 0.717) is 12.1 Å². The molecule has 0 aliphatic carbocycles. The van der Waals surface area contributed by atoms with Crippen molar-refractivity contribution in [3.63, 3.8) is 0 Å². The Morgan fingerprint density at radius 1 is 1.60 bits per heavy atom. The van der Waals surface area contributed by atoms with Crippen LogP contribution < -0.4 is 10.5 Å². The predicted octanol–water partition coefficient (Wildman–Crippen LogP) is 0.447. The first kappa shape index (κ1) is 12.1. The highest BCUT2D eigenvalue weighted by atomic mass is 32.2. The Balaban J connectivity index is 3.02. The predicted molar refractivity (Wildman–Crippen MR) is 57.1 cm³/mol. The van der Waals surface area contributed by atoms with Crippen LogP contribution in [0.3, 0.4) is 0 Å². The molecule has 0 saturated heterocycles. The van der Waals surface area contributed by atoms with Crippen LogP contribution in [0.1, 0.15) is 19.0 Å². The van der Waals surface area contributed by atoms with E-state index in [2.05, 4.69) is 10.3 Å². The Bertz CT molecular complexity index is 478. The molecule has 0 aliphatic rings. The molecule has 84 valence electrons. The van der Waals surface area contributed by atoms with Crippen molar-refractivity contribution in [1.29, 1.82) is 0 Å². The summed E-state index contributed by atoms with van der Waals surface area (Å²) in [6.07, 6.45) is 0.309. The molecule has 0 aromatic carbocycles. The number of hydrogen-bond donors (Lipinski definition) is 2. The van der Waals surface area contributed by atoms with Gasteiger partial charge in [-0.3, -0.25) is 4.79 Å². The second kappa shape index (κ2) is 4.25. The number of aromatic nitrogens is 1. The smallest absolute Gasteiger partial charge is 0.249 e. The highest BCUT2D eigenvalue weighted by Crippen LogP contribution is 2.25.